The summed E-state index contributed by atoms with van der Waals surface area (Å²) in [6.07, 6.45) is 3.38. The van der Waals surface area contributed by atoms with E-state index in [4.69, 9.17) is 4.98 Å². The van der Waals surface area contributed by atoms with Gasteiger partial charge in [0.2, 0.25) is 0 Å². The van der Waals surface area contributed by atoms with Crippen LogP contribution in [0.2, 0.25) is 0 Å². The molecule has 0 bridgehead atoms. The maximum Gasteiger partial charge on any atom is 4.00 e. The number of carboxylic acids is 2. The van der Waals surface area contributed by atoms with E-state index in [2.05, 4.69) is 0 Å². The van der Waals surface area contributed by atoms with Crippen LogP contribution in [-0.2, 0) is 57.1 Å². The standard InChI is InChI=1S/C67H65NO6.2CH3.Hf/c1-62(2,44-26-13-9-14-27-44)54-42-66(60(71)72,64(5,6)46-30-17-11-18-31-46)40-52(58(54)69)48-34-21-23-36-50(48)56-38-25-39-57(68-56)51-37-24-22-35-49(51)53-41-67(61(73)74,65(7,8)47-32-19-12-20-33-47)43-55(59(53)70)63(3,4)45-28-15-10-16-29-45;;;/h9-41,69-70H,42-43H2,1-8H3,(H,71,72)(H,73,74);2*1H3;/q;2*-1;+4/p-2. The Balaban J connectivity index is 0.00000320. The van der Waals surface area contributed by atoms with Crippen LogP contribution in [0.4, 0.5) is 0 Å². The van der Waals surface area contributed by atoms with Crippen LogP contribution in [0.25, 0.3) is 33.7 Å². The van der Waals surface area contributed by atoms with E-state index in [9.17, 15) is 30.0 Å². The summed E-state index contributed by atoms with van der Waals surface area (Å²) in [7, 11) is 0. The van der Waals surface area contributed by atoms with E-state index >= 15 is 0 Å². The van der Waals surface area contributed by atoms with Gasteiger partial charge in [0.1, 0.15) is 11.5 Å². The zero-order valence-corrected chi connectivity index (χ0v) is 49.5. The quantitative estimate of drug-likeness (QED) is 0.0818. The van der Waals surface area contributed by atoms with Gasteiger partial charge >= 0.3 is 25.8 Å². The van der Waals surface area contributed by atoms with Crippen molar-refractivity contribution in [3.05, 3.63) is 271 Å². The summed E-state index contributed by atoms with van der Waals surface area (Å²) >= 11 is 0. The fourth-order valence-corrected chi connectivity index (χ4v) is 11.7. The molecule has 1 heterocycles. The van der Waals surface area contributed by atoms with Gasteiger partial charge in [-0.15, -0.1) is 0 Å². The van der Waals surface area contributed by atoms with Crippen molar-refractivity contribution < 1.29 is 55.9 Å². The van der Waals surface area contributed by atoms with Crippen LogP contribution in [0.15, 0.2) is 223 Å². The number of carbonyl (C=O) groups excluding carboxylic acids is 2. The van der Waals surface area contributed by atoms with Gasteiger partial charge < -0.3 is 44.9 Å². The van der Waals surface area contributed by atoms with Gasteiger partial charge in [0.05, 0.1) is 23.3 Å². The third-order valence-corrected chi connectivity index (χ3v) is 17.0. The number of rotatable bonds is 14. The van der Waals surface area contributed by atoms with Crippen LogP contribution < -0.4 is 10.2 Å². The van der Waals surface area contributed by atoms with E-state index in [0.29, 0.717) is 55.9 Å². The molecule has 2 aliphatic rings. The van der Waals surface area contributed by atoms with Crippen molar-refractivity contribution in [1.29, 1.82) is 0 Å². The molecule has 9 rings (SSSR count). The molecule has 8 heteroatoms. The van der Waals surface area contributed by atoms with Crippen molar-refractivity contribution in [2.75, 3.05) is 0 Å². The molecule has 0 saturated heterocycles. The van der Waals surface area contributed by atoms with Gasteiger partial charge in [-0.2, -0.15) is 0 Å². The van der Waals surface area contributed by atoms with Crippen molar-refractivity contribution in [2.45, 2.75) is 89.9 Å². The Kier molecular flexibility index (Phi) is 17.2. The maximum absolute atomic E-state index is 14.1. The Morgan fingerprint density at radius 2 is 0.688 bits per heavy atom. The smallest absolute Gasteiger partial charge is 0.549 e. The molecular weight excluding hydrogens is 1120 g/mol. The number of hydrogen-bond acceptors (Lipinski definition) is 7. The van der Waals surface area contributed by atoms with Gasteiger partial charge in [0.15, 0.2) is 0 Å². The number of aliphatic hydroxyl groups is 2. The first-order chi connectivity index (χ1) is 35.2. The fraction of sp³-hybridized carbons (Fsp3) is 0.232. The van der Waals surface area contributed by atoms with Crippen molar-refractivity contribution in [3.63, 3.8) is 0 Å². The van der Waals surface area contributed by atoms with E-state index in [0.717, 1.165) is 22.3 Å². The number of benzene rings is 6. The number of allylic oxidation sites excluding steroid dienone is 4. The summed E-state index contributed by atoms with van der Waals surface area (Å²) in [4.78, 5) is 33.6. The number of hydrogen-bond donors (Lipinski definition) is 2. The zero-order chi connectivity index (χ0) is 52.8. The molecule has 0 fully saturated rings. The molecule has 6 aromatic carbocycles. The summed E-state index contributed by atoms with van der Waals surface area (Å²) in [6, 6.07) is 59.5. The molecule has 2 atom stereocenters. The molecule has 2 unspecified atom stereocenters. The SMILES string of the molecule is CC(C)(C1=C(O)C(c2ccccc2-c2cccc(-c3ccccc3C3=CC(C(=O)[O-])(C(C)(C)c4ccccc4)CC(C(C)(C)c4ccccc4)=C3O)n2)=CC(C(=O)[O-])(C(C)(C)c2ccccc2)C1)c1ccccc1.[CH3-].[CH3-].[Hf+4]. The van der Waals surface area contributed by atoms with Crippen LogP contribution in [0.3, 0.4) is 0 Å². The van der Waals surface area contributed by atoms with Gasteiger partial charge in [-0.1, -0.05) is 243 Å². The molecule has 0 aliphatic heterocycles. The Hall–Kier alpha value is -7.16. The van der Waals surface area contributed by atoms with Crippen LogP contribution in [0.5, 0.6) is 0 Å². The molecule has 2 aliphatic carbocycles. The van der Waals surface area contributed by atoms with E-state index in [1.165, 1.54) is 0 Å². The number of carbonyl (C=O) groups is 2. The largest absolute Gasteiger partial charge is 4.00 e. The van der Waals surface area contributed by atoms with E-state index < -0.39 is 44.4 Å². The number of aromatic nitrogens is 1. The first-order valence-electron chi connectivity index (χ1n) is 25.3. The second kappa shape index (κ2) is 22.4. The molecule has 2 N–H and O–H groups in total. The van der Waals surface area contributed by atoms with Gasteiger partial charge in [-0.25, -0.2) is 4.98 Å². The number of aliphatic hydroxyl groups excluding tert-OH is 2. The molecular formula is C69H69HfNO6. The molecule has 0 saturated carbocycles. The Bertz CT molecular complexity index is 3180. The Morgan fingerprint density at radius 3 is 0.987 bits per heavy atom. The number of nitrogens with zero attached hydrogens (tertiary/aromatic N) is 1. The van der Waals surface area contributed by atoms with Gasteiger partial charge in [0.25, 0.3) is 0 Å². The summed E-state index contributed by atoms with van der Waals surface area (Å²) in [5, 5.41) is 53.9. The number of carboxylic acid groups (broad SMARTS) is 2. The third kappa shape index (κ3) is 10.1. The predicted molar refractivity (Wildman–Crippen MR) is 305 cm³/mol. The normalized spacial score (nSPS) is 17.9. The van der Waals surface area contributed by atoms with Crippen LogP contribution in [0, 0.1) is 25.7 Å². The molecule has 1 aromatic heterocycles. The average Bonchev–Trinajstić information content (AvgIpc) is 3.42. The topological polar surface area (TPSA) is 134 Å². The Morgan fingerprint density at radius 1 is 0.416 bits per heavy atom. The summed E-state index contributed by atoms with van der Waals surface area (Å²) in [5.74, 6) is -2.54. The van der Waals surface area contributed by atoms with Crippen molar-refractivity contribution >= 4 is 23.1 Å². The second-order valence-electron chi connectivity index (χ2n) is 22.1. The third-order valence-electron chi connectivity index (χ3n) is 17.0. The molecule has 0 spiro atoms. The fourth-order valence-electron chi connectivity index (χ4n) is 11.7. The van der Waals surface area contributed by atoms with Crippen molar-refractivity contribution in [1.82, 2.24) is 4.98 Å². The summed E-state index contributed by atoms with van der Waals surface area (Å²) in [5.41, 5.74) is 1.82. The van der Waals surface area contributed by atoms with Gasteiger partial charge in [-0.05, 0) is 69.5 Å². The van der Waals surface area contributed by atoms with Gasteiger partial charge in [0, 0.05) is 54.8 Å². The minimum absolute atomic E-state index is 0. The summed E-state index contributed by atoms with van der Waals surface area (Å²) < 4.78 is 0. The molecule has 7 nitrogen and oxygen atoms in total. The maximum atomic E-state index is 14.1. The van der Waals surface area contributed by atoms with E-state index in [-0.39, 0.29) is 65.1 Å². The molecule has 77 heavy (non-hydrogen) atoms. The number of aliphatic carboxylic acids is 2. The van der Waals surface area contributed by atoms with Crippen LogP contribution in [0.1, 0.15) is 102 Å². The Labute approximate surface area is 475 Å². The van der Waals surface area contributed by atoms with Crippen LogP contribution in [-0.4, -0.2) is 27.1 Å². The molecule has 0 radical (unpaired) electrons. The molecule has 0 amide bonds. The molecule has 390 valence electrons. The van der Waals surface area contributed by atoms with E-state index in [1.54, 1.807) is 12.2 Å². The first kappa shape index (κ1) is 59.1. The van der Waals surface area contributed by atoms with Crippen LogP contribution >= 0.6 is 0 Å². The minimum atomic E-state index is -1.63. The summed E-state index contributed by atoms with van der Waals surface area (Å²) in [6.45, 7) is 15.8. The van der Waals surface area contributed by atoms with E-state index in [1.807, 2.05) is 243 Å². The monoisotopic (exact) mass is 1190 g/mol. The minimum Gasteiger partial charge on any atom is -0.549 e. The zero-order valence-electron chi connectivity index (χ0n) is 45.9. The van der Waals surface area contributed by atoms with Crippen molar-refractivity contribution in [2.24, 2.45) is 10.8 Å². The predicted octanol–water partition coefficient (Wildman–Crippen LogP) is 13.9. The van der Waals surface area contributed by atoms with Gasteiger partial charge in [-0.3, -0.25) is 0 Å². The first-order valence-corrected chi connectivity index (χ1v) is 25.3. The molecule has 7 aromatic rings. The van der Waals surface area contributed by atoms with Crippen molar-refractivity contribution in [3.8, 4) is 22.5 Å². The second-order valence-corrected chi connectivity index (χ2v) is 22.1. The number of pyridine rings is 1. The average molecular weight is 1190 g/mol.